The third-order valence-corrected chi connectivity index (χ3v) is 4.00. The number of rotatable bonds is 3. The van der Waals surface area contributed by atoms with E-state index in [1.807, 2.05) is 12.3 Å². The van der Waals surface area contributed by atoms with E-state index >= 15 is 0 Å². The van der Waals surface area contributed by atoms with Crippen LogP contribution in [0.5, 0.6) is 0 Å². The summed E-state index contributed by atoms with van der Waals surface area (Å²) >= 11 is 0. The number of anilines is 1. The molecule has 8 nitrogen and oxygen atoms in total. The van der Waals surface area contributed by atoms with Gasteiger partial charge in [0.15, 0.2) is 0 Å². The number of aromatic nitrogens is 1. The summed E-state index contributed by atoms with van der Waals surface area (Å²) in [5.74, 6) is -1.74. The number of nitrogens with zero attached hydrogens (tertiary/aromatic N) is 3. The number of carboxylic acid groups (broad SMARTS) is 2. The molecular formula is C16H18N4O4. The first-order valence-corrected chi connectivity index (χ1v) is 7.47. The van der Waals surface area contributed by atoms with Crippen molar-refractivity contribution in [2.75, 3.05) is 24.5 Å². The first-order valence-electron chi connectivity index (χ1n) is 7.47. The van der Waals surface area contributed by atoms with Crippen molar-refractivity contribution < 1.29 is 19.8 Å². The first kappa shape index (κ1) is 17.4. The molecule has 0 aliphatic carbocycles. The van der Waals surface area contributed by atoms with Gasteiger partial charge < -0.3 is 20.4 Å². The summed E-state index contributed by atoms with van der Waals surface area (Å²) in [7, 11) is 0. The van der Waals surface area contributed by atoms with Gasteiger partial charge in [0.05, 0.1) is 17.4 Å². The van der Waals surface area contributed by atoms with Gasteiger partial charge in [-0.3, -0.25) is 4.98 Å². The fraction of sp³-hybridized carbons (Fsp3) is 0.375. The summed E-state index contributed by atoms with van der Waals surface area (Å²) < 4.78 is 0. The van der Waals surface area contributed by atoms with Crippen LogP contribution in [0.15, 0.2) is 30.6 Å². The second-order valence-electron chi connectivity index (χ2n) is 5.52. The van der Waals surface area contributed by atoms with Crippen LogP contribution < -0.4 is 10.2 Å². The lowest BCUT2D eigenvalue weighted by atomic mass is 10.1. The van der Waals surface area contributed by atoms with E-state index in [9.17, 15) is 9.59 Å². The highest BCUT2D eigenvalue weighted by molar-refractivity contribution is 5.89. The van der Waals surface area contributed by atoms with Crippen molar-refractivity contribution in [2.24, 2.45) is 5.92 Å². The van der Waals surface area contributed by atoms with Gasteiger partial charge >= 0.3 is 11.9 Å². The van der Waals surface area contributed by atoms with Crippen molar-refractivity contribution >= 4 is 17.6 Å². The minimum atomic E-state index is -1.26. The van der Waals surface area contributed by atoms with Crippen LogP contribution in [0.3, 0.4) is 0 Å². The summed E-state index contributed by atoms with van der Waals surface area (Å²) in [4.78, 5) is 25.6. The molecule has 8 heteroatoms. The SMILES string of the molecule is N#Cc1cncc(N2CC[C@@H]3CNC[C@@H]32)c1.O=C(O)C=CC(=O)O. The monoisotopic (exact) mass is 330 g/mol. The number of carbonyl (C=O) groups is 2. The molecule has 0 radical (unpaired) electrons. The molecule has 0 unspecified atom stereocenters. The minimum absolute atomic E-state index is 0.558. The van der Waals surface area contributed by atoms with Crippen molar-refractivity contribution in [1.29, 1.82) is 5.26 Å². The molecule has 24 heavy (non-hydrogen) atoms. The zero-order valence-electron chi connectivity index (χ0n) is 12.9. The predicted octanol–water partition coefficient (Wildman–Crippen LogP) is 0.463. The van der Waals surface area contributed by atoms with E-state index < -0.39 is 11.9 Å². The maximum Gasteiger partial charge on any atom is 0.328 e. The van der Waals surface area contributed by atoms with Gasteiger partial charge in [0.25, 0.3) is 0 Å². The van der Waals surface area contributed by atoms with Crippen LogP contribution in [-0.2, 0) is 9.59 Å². The molecule has 2 atom stereocenters. The van der Waals surface area contributed by atoms with Gasteiger partial charge in [-0.25, -0.2) is 9.59 Å². The third-order valence-electron chi connectivity index (χ3n) is 4.00. The minimum Gasteiger partial charge on any atom is -0.478 e. The van der Waals surface area contributed by atoms with Crippen LogP contribution in [0.2, 0.25) is 0 Å². The summed E-state index contributed by atoms with van der Waals surface area (Å²) in [6.45, 7) is 3.28. The quantitative estimate of drug-likeness (QED) is 0.682. The second kappa shape index (κ2) is 8.08. The Morgan fingerprint density at radius 2 is 2.00 bits per heavy atom. The molecule has 0 aromatic carbocycles. The number of aliphatic carboxylic acids is 2. The lowest BCUT2D eigenvalue weighted by molar-refractivity contribution is -0.134. The topological polar surface area (TPSA) is 127 Å². The fourth-order valence-corrected chi connectivity index (χ4v) is 2.96. The Bertz CT molecular complexity index is 667. The lowest BCUT2D eigenvalue weighted by Crippen LogP contribution is -2.34. The van der Waals surface area contributed by atoms with E-state index in [0.29, 0.717) is 23.8 Å². The Kier molecular flexibility index (Phi) is 5.87. The first-order chi connectivity index (χ1) is 11.5. The Hall–Kier alpha value is -2.92. The van der Waals surface area contributed by atoms with Gasteiger partial charge in [-0.15, -0.1) is 0 Å². The molecule has 2 aliphatic heterocycles. The van der Waals surface area contributed by atoms with Crippen molar-refractivity contribution in [3.63, 3.8) is 0 Å². The number of hydrogen-bond acceptors (Lipinski definition) is 6. The lowest BCUT2D eigenvalue weighted by Gasteiger charge is -2.25. The molecule has 3 rings (SSSR count). The Morgan fingerprint density at radius 3 is 2.62 bits per heavy atom. The molecule has 3 heterocycles. The maximum absolute atomic E-state index is 9.55. The molecule has 2 fully saturated rings. The van der Waals surface area contributed by atoms with Crippen LogP contribution in [-0.4, -0.2) is 52.8 Å². The van der Waals surface area contributed by atoms with Gasteiger partial charge in [0, 0.05) is 44.0 Å². The maximum atomic E-state index is 9.55. The summed E-state index contributed by atoms with van der Waals surface area (Å²) in [5, 5.41) is 27.9. The number of pyridine rings is 1. The molecule has 0 saturated carbocycles. The van der Waals surface area contributed by atoms with Crippen molar-refractivity contribution in [3.05, 3.63) is 36.2 Å². The van der Waals surface area contributed by atoms with Crippen molar-refractivity contribution in [3.8, 4) is 6.07 Å². The zero-order chi connectivity index (χ0) is 17.5. The van der Waals surface area contributed by atoms with E-state index in [2.05, 4.69) is 21.3 Å². The number of carboxylic acids is 2. The van der Waals surface area contributed by atoms with Crippen LogP contribution >= 0.6 is 0 Å². The number of nitrogens with one attached hydrogen (secondary N) is 1. The molecule has 1 aromatic heterocycles. The van der Waals surface area contributed by atoms with Gasteiger partial charge in [0.1, 0.15) is 6.07 Å². The zero-order valence-corrected chi connectivity index (χ0v) is 12.9. The standard InChI is InChI=1S/C12H14N4.C4H4O4/c13-4-9-3-11(7-14-5-9)16-2-1-10-6-15-8-12(10)16;5-3(6)1-2-4(7)8/h3,5,7,10,12,15H,1-2,6,8H2;1-2H,(H,5,6)(H,7,8)/t10-,12+;/m1./s1. The predicted molar refractivity (Wildman–Crippen MR) is 85.5 cm³/mol. The highest BCUT2D eigenvalue weighted by Crippen LogP contribution is 2.31. The summed E-state index contributed by atoms with van der Waals surface area (Å²) in [6, 6.07) is 4.68. The normalized spacial score (nSPS) is 21.7. The molecule has 3 N–H and O–H groups in total. The average molecular weight is 330 g/mol. The fourth-order valence-electron chi connectivity index (χ4n) is 2.96. The molecule has 126 valence electrons. The molecule has 1 aromatic rings. The smallest absolute Gasteiger partial charge is 0.328 e. The summed E-state index contributed by atoms with van der Waals surface area (Å²) in [6.07, 6.45) is 5.84. The van der Waals surface area contributed by atoms with E-state index in [0.717, 1.165) is 31.2 Å². The Morgan fingerprint density at radius 1 is 1.29 bits per heavy atom. The van der Waals surface area contributed by atoms with Crippen molar-refractivity contribution in [1.82, 2.24) is 10.3 Å². The van der Waals surface area contributed by atoms with Crippen molar-refractivity contribution in [2.45, 2.75) is 12.5 Å². The van der Waals surface area contributed by atoms with E-state index in [-0.39, 0.29) is 0 Å². The highest BCUT2D eigenvalue weighted by atomic mass is 16.4. The molecule has 2 saturated heterocycles. The number of hydrogen-bond donors (Lipinski definition) is 3. The Balaban J connectivity index is 0.000000224. The van der Waals surface area contributed by atoms with Crippen LogP contribution in [0.25, 0.3) is 0 Å². The number of fused-ring (bicyclic) bond motifs is 1. The van der Waals surface area contributed by atoms with E-state index in [1.165, 1.54) is 6.42 Å². The molecule has 0 amide bonds. The van der Waals surface area contributed by atoms with Gasteiger partial charge in [-0.1, -0.05) is 0 Å². The van der Waals surface area contributed by atoms with Gasteiger partial charge in [-0.05, 0) is 18.4 Å². The Labute approximate surface area is 139 Å². The molecular weight excluding hydrogens is 312 g/mol. The van der Waals surface area contributed by atoms with Crippen LogP contribution in [0.1, 0.15) is 12.0 Å². The highest BCUT2D eigenvalue weighted by Gasteiger charge is 2.37. The third kappa shape index (κ3) is 4.54. The molecule has 0 spiro atoms. The molecule has 2 aliphatic rings. The summed E-state index contributed by atoms with van der Waals surface area (Å²) in [5.41, 5.74) is 1.74. The van der Waals surface area contributed by atoms with E-state index in [4.69, 9.17) is 15.5 Å². The second-order valence-corrected chi connectivity index (χ2v) is 5.52. The van der Waals surface area contributed by atoms with Gasteiger partial charge in [-0.2, -0.15) is 5.26 Å². The average Bonchev–Trinajstić information content (AvgIpc) is 3.17. The molecule has 0 bridgehead atoms. The van der Waals surface area contributed by atoms with E-state index in [1.54, 1.807) is 6.20 Å². The van der Waals surface area contributed by atoms with Crippen LogP contribution in [0.4, 0.5) is 5.69 Å². The largest absolute Gasteiger partial charge is 0.478 e. The number of nitriles is 1. The van der Waals surface area contributed by atoms with Gasteiger partial charge in [0.2, 0.25) is 0 Å². The van der Waals surface area contributed by atoms with Crippen LogP contribution in [0, 0.1) is 17.2 Å².